The second-order valence-electron chi connectivity index (χ2n) is 4.53. The molecule has 0 bridgehead atoms. The van der Waals surface area contributed by atoms with Gasteiger partial charge in [-0.15, -0.1) is 0 Å². The Labute approximate surface area is 109 Å². The second-order valence-corrected chi connectivity index (χ2v) is 4.53. The van der Waals surface area contributed by atoms with Crippen LogP contribution in [0.1, 0.15) is 31.7 Å². The lowest BCUT2D eigenvalue weighted by Gasteiger charge is -2.08. The summed E-state index contributed by atoms with van der Waals surface area (Å²) in [5.41, 5.74) is 3.20. The van der Waals surface area contributed by atoms with Crippen LogP contribution in [0.4, 0.5) is 0 Å². The molecular weight excluding hydrogens is 220 g/mol. The van der Waals surface area contributed by atoms with E-state index in [2.05, 4.69) is 25.1 Å². The van der Waals surface area contributed by atoms with Crippen molar-refractivity contribution in [3.05, 3.63) is 65.3 Å². The molecule has 0 radical (unpaired) electrons. The summed E-state index contributed by atoms with van der Waals surface area (Å²) in [6.07, 6.45) is 10.8. The largest absolute Gasteiger partial charge is 0.290 e. The van der Waals surface area contributed by atoms with Crippen molar-refractivity contribution in [3.8, 4) is 0 Å². The Morgan fingerprint density at radius 2 is 1.89 bits per heavy atom. The van der Waals surface area contributed by atoms with Gasteiger partial charge in [0.15, 0.2) is 5.78 Å². The van der Waals surface area contributed by atoms with Gasteiger partial charge in [-0.05, 0) is 42.2 Å². The molecule has 0 aromatic heterocycles. The molecule has 0 atom stereocenters. The monoisotopic (exact) mass is 238 g/mol. The molecule has 1 aliphatic carbocycles. The minimum Gasteiger partial charge on any atom is -0.290 e. The molecule has 0 N–H and O–H groups in total. The van der Waals surface area contributed by atoms with Crippen LogP contribution in [-0.4, -0.2) is 5.78 Å². The molecule has 0 aliphatic heterocycles. The fraction of sp³-hybridized carbons (Fsp3) is 0.235. The molecule has 1 aliphatic rings. The number of allylic oxidation sites excluding steroid dienone is 5. The summed E-state index contributed by atoms with van der Waals surface area (Å²) in [5.74, 6) is 0.161. The number of rotatable bonds is 4. The van der Waals surface area contributed by atoms with E-state index in [4.69, 9.17) is 0 Å². The highest BCUT2D eigenvalue weighted by Crippen LogP contribution is 2.20. The fourth-order valence-corrected chi connectivity index (χ4v) is 1.99. The number of benzene rings is 1. The maximum atomic E-state index is 11.7. The molecule has 0 heterocycles. The Morgan fingerprint density at radius 1 is 1.11 bits per heavy atom. The summed E-state index contributed by atoms with van der Waals surface area (Å²) in [7, 11) is 0. The van der Waals surface area contributed by atoms with Crippen LogP contribution in [0.2, 0.25) is 0 Å². The average Bonchev–Trinajstić information content (AvgIpc) is 2.40. The molecule has 92 valence electrons. The van der Waals surface area contributed by atoms with Crippen LogP contribution in [0.25, 0.3) is 6.08 Å². The van der Waals surface area contributed by atoms with Crippen LogP contribution in [0, 0.1) is 0 Å². The van der Waals surface area contributed by atoms with E-state index in [1.165, 1.54) is 0 Å². The summed E-state index contributed by atoms with van der Waals surface area (Å²) in [6.45, 7) is 2.14. The standard InChI is InChI=1S/C17H18O/c1-2-3-9-16-13-15(10-11-17(16)18)12-14-7-5-4-6-8-14/h4-8,10-13H,2-3,9H2,1H3. The number of hydrogen-bond acceptors (Lipinski definition) is 1. The van der Waals surface area contributed by atoms with Gasteiger partial charge in [0, 0.05) is 5.57 Å². The van der Waals surface area contributed by atoms with Crippen molar-refractivity contribution < 1.29 is 4.79 Å². The first-order chi connectivity index (χ1) is 8.79. The van der Waals surface area contributed by atoms with Gasteiger partial charge >= 0.3 is 0 Å². The van der Waals surface area contributed by atoms with Gasteiger partial charge in [-0.25, -0.2) is 0 Å². The van der Waals surface area contributed by atoms with Crippen molar-refractivity contribution >= 4 is 11.9 Å². The summed E-state index contributed by atoms with van der Waals surface area (Å²) >= 11 is 0. The molecule has 18 heavy (non-hydrogen) atoms. The van der Waals surface area contributed by atoms with Crippen molar-refractivity contribution in [2.45, 2.75) is 26.2 Å². The maximum absolute atomic E-state index is 11.7. The number of unbranched alkanes of at least 4 members (excludes halogenated alkanes) is 1. The minimum absolute atomic E-state index is 0.161. The van der Waals surface area contributed by atoms with E-state index in [1.54, 1.807) is 6.08 Å². The lowest BCUT2D eigenvalue weighted by molar-refractivity contribution is -0.111. The zero-order valence-electron chi connectivity index (χ0n) is 10.7. The Kier molecular flexibility index (Phi) is 4.30. The third-order valence-electron chi connectivity index (χ3n) is 3.02. The molecule has 0 unspecified atom stereocenters. The highest BCUT2D eigenvalue weighted by Gasteiger charge is 2.10. The van der Waals surface area contributed by atoms with Gasteiger partial charge in [-0.3, -0.25) is 4.79 Å². The molecule has 2 rings (SSSR count). The van der Waals surface area contributed by atoms with Crippen molar-refractivity contribution in [3.63, 3.8) is 0 Å². The lowest BCUT2D eigenvalue weighted by Crippen LogP contribution is -2.03. The number of carbonyl (C=O) groups is 1. The number of hydrogen-bond donors (Lipinski definition) is 0. The second kappa shape index (κ2) is 6.15. The molecular formula is C17H18O. The molecule has 1 heteroatoms. The fourth-order valence-electron chi connectivity index (χ4n) is 1.99. The van der Waals surface area contributed by atoms with Crippen LogP contribution in [0.5, 0.6) is 0 Å². The summed E-state index contributed by atoms with van der Waals surface area (Å²) in [4.78, 5) is 11.7. The third-order valence-corrected chi connectivity index (χ3v) is 3.02. The molecule has 1 aromatic carbocycles. The Morgan fingerprint density at radius 3 is 2.61 bits per heavy atom. The first kappa shape index (κ1) is 12.6. The van der Waals surface area contributed by atoms with Crippen molar-refractivity contribution in [2.24, 2.45) is 0 Å². The van der Waals surface area contributed by atoms with Crippen LogP contribution >= 0.6 is 0 Å². The van der Waals surface area contributed by atoms with E-state index in [0.29, 0.717) is 0 Å². The van der Waals surface area contributed by atoms with E-state index < -0.39 is 0 Å². The van der Waals surface area contributed by atoms with Gasteiger partial charge in [0.25, 0.3) is 0 Å². The van der Waals surface area contributed by atoms with Gasteiger partial charge in [0.2, 0.25) is 0 Å². The number of ketones is 1. The SMILES string of the molecule is CCCCC1=CC(=Cc2ccccc2)C=CC1=O. The van der Waals surface area contributed by atoms with Crippen LogP contribution in [0.15, 0.2) is 59.7 Å². The molecule has 0 amide bonds. The van der Waals surface area contributed by atoms with E-state index in [-0.39, 0.29) is 5.78 Å². The quantitative estimate of drug-likeness (QED) is 0.763. The lowest BCUT2D eigenvalue weighted by atomic mass is 9.95. The smallest absolute Gasteiger partial charge is 0.181 e. The summed E-state index contributed by atoms with van der Waals surface area (Å²) < 4.78 is 0. The minimum atomic E-state index is 0.161. The van der Waals surface area contributed by atoms with Gasteiger partial charge in [-0.1, -0.05) is 49.8 Å². The van der Waals surface area contributed by atoms with E-state index >= 15 is 0 Å². The summed E-state index contributed by atoms with van der Waals surface area (Å²) in [6, 6.07) is 10.2. The molecule has 0 fully saturated rings. The van der Waals surface area contributed by atoms with Crippen molar-refractivity contribution in [1.82, 2.24) is 0 Å². The predicted molar refractivity (Wildman–Crippen MR) is 76.2 cm³/mol. The maximum Gasteiger partial charge on any atom is 0.181 e. The Hall–Kier alpha value is -1.89. The Balaban J connectivity index is 2.19. The van der Waals surface area contributed by atoms with Gasteiger partial charge in [0.1, 0.15) is 0 Å². The third kappa shape index (κ3) is 3.30. The summed E-state index contributed by atoms with van der Waals surface area (Å²) in [5, 5.41) is 0. The molecule has 0 saturated carbocycles. The van der Waals surface area contributed by atoms with Gasteiger partial charge in [0.05, 0.1) is 0 Å². The number of carbonyl (C=O) groups excluding carboxylic acids is 1. The first-order valence-electron chi connectivity index (χ1n) is 6.49. The van der Waals surface area contributed by atoms with E-state index in [1.807, 2.05) is 30.4 Å². The van der Waals surface area contributed by atoms with E-state index in [0.717, 1.165) is 36.0 Å². The van der Waals surface area contributed by atoms with Crippen LogP contribution in [0.3, 0.4) is 0 Å². The van der Waals surface area contributed by atoms with Crippen molar-refractivity contribution in [2.75, 3.05) is 0 Å². The van der Waals surface area contributed by atoms with E-state index in [9.17, 15) is 4.79 Å². The molecule has 1 nitrogen and oxygen atoms in total. The highest BCUT2D eigenvalue weighted by molar-refractivity contribution is 6.06. The van der Waals surface area contributed by atoms with Crippen molar-refractivity contribution in [1.29, 1.82) is 0 Å². The Bertz CT molecular complexity index is 504. The molecule has 0 spiro atoms. The zero-order chi connectivity index (χ0) is 12.8. The normalized spacial score (nSPS) is 17.1. The molecule has 0 saturated heterocycles. The average molecular weight is 238 g/mol. The highest BCUT2D eigenvalue weighted by atomic mass is 16.1. The van der Waals surface area contributed by atoms with Crippen LogP contribution < -0.4 is 0 Å². The van der Waals surface area contributed by atoms with Gasteiger partial charge < -0.3 is 0 Å². The first-order valence-corrected chi connectivity index (χ1v) is 6.49. The topological polar surface area (TPSA) is 17.1 Å². The van der Waals surface area contributed by atoms with Gasteiger partial charge in [-0.2, -0.15) is 0 Å². The molecule has 1 aromatic rings. The zero-order valence-corrected chi connectivity index (χ0v) is 10.7. The predicted octanol–water partition coefficient (Wildman–Crippen LogP) is 4.33. The van der Waals surface area contributed by atoms with Crippen LogP contribution in [-0.2, 0) is 4.79 Å².